The number of sulfonamides is 1. The normalized spacial score (nSPS) is 15.6. The summed E-state index contributed by atoms with van der Waals surface area (Å²) in [6.07, 6.45) is 2.37. The fraction of sp³-hybridized carbons (Fsp3) is 0.409. The van der Waals surface area contributed by atoms with Crippen LogP contribution >= 0.6 is 0 Å². The molecule has 8 heteroatoms. The van der Waals surface area contributed by atoms with Crippen LogP contribution < -0.4 is 14.8 Å². The standard InChI is InChI=1S/C22H28N2O5S/c1-4-20(16-7-9-17(28-2)10-8-16)23-22(25)19-15-18(11-12-21(19)29-3)30(26,27)24-13-5-6-14-24/h7-12,15,20H,4-6,13-14H2,1-3H3,(H,23,25)/t20-/m0/s1. The minimum absolute atomic E-state index is 0.104. The van der Waals surface area contributed by atoms with Gasteiger partial charge in [0, 0.05) is 13.1 Å². The lowest BCUT2D eigenvalue weighted by Gasteiger charge is -2.20. The fourth-order valence-electron chi connectivity index (χ4n) is 3.60. The van der Waals surface area contributed by atoms with Gasteiger partial charge >= 0.3 is 0 Å². The van der Waals surface area contributed by atoms with Crippen LogP contribution in [0.5, 0.6) is 11.5 Å². The Morgan fingerprint density at radius 2 is 1.73 bits per heavy atom. The Kier molecular flexibility index (Phi) is 6.99. The Hall–Kier alpha value is -2.58. The van der Waals surface area contributed by atoms with Crippen LogP contribution in [0.1, 0.15) is 48.1 Å². The Bertz CT molecular complexity index is 983. The average Bonchev–Trinajstić information content (AvgIpc) is 3.33. The highest BCUT2D eigenvalue weighted by molar-refractivity contribution is 7.89. The zero-order valence-electron chi connectivity index (χ0n) is 17.6. The Morgan fingerprint density at radius 3 is 2.30 bits per heavy atom. The van der Waals surface area contributed by atoms with E-state index in [9.17, 15) is 13.2 Å². The molecule has 1 fully saturated rings. The van der Waals surface area contributed by atoms with Crippen LogP contribution in [-0.2, 0) is 10.0 Å². The molecule has 1 N–H and O–H groups in total. The predicted molar refractivity (Wildman–Crippen MR) is 114 cm³/mol. The van der Waals surface area contributed by atoms with Gasteiger partial charge in [0.2, 0.25) is 10.0 Å². The maximum absolute atomic E-state index is 13.1. The van der Waals surface area contributed by atoms with Gasteiger partial charge in [-0.1, -0.05) is 19.1 Å². The lowest BCUT2D eigenvalue weighted by Crippen LogP contribution is -2.30. The molecule has 1 aliphatic heterocycles. The van der Waals surface area contributed by atoms with Crippen LogP contribution in [0.25, 0.3) is 0 Å². The first-order valence-electron chi connectivity index (χ1n) is 10.0. The van der Waals surface area contributed by atoms with Gasteiger partial charge in [-0.2, -0.15) is 4.31 Å². The van der Waals surface area contributed by atoms with Crippen LogP contribution in [0, 0.1) is 0 Å². The first-order valence-corrected chi connectivity index (χ1v) is 11.5. The molecule has 1 amide bonds. The lowest BCUT2D eigenvalue weighted by atomic mass is 10.0. The molecule has 0 radical (unpaired) electrons. The highest BCUT2D eigenvalue weighted by Crippen LogP contribution is 2.28. The van der Waals surface area contributed by atoms with Gasteiger partial charge < -0.3 is 14.8 Å². The summed E-state index contributed by atoms with van der Waals surface area (Å²) in [5.41, 5.74) is 1.14. The number of rotatable bonds is 8. The summed E-state index contributed by atoms with van der Waals surface area (Å²) >= 11 is 0. The number of amides is 1. The monoisotopic (exact) mass is 432 g/mol. The molecule has 3 rings (SSSR count). The van der Waals surface area contributed by atoms with Gasteiger partial charge in [0.1, 0.15) is 11.5 Å². The van der Waals surface area contributed by atoms with Gasteiger partial charge in [-0.25, -0.2) is 8.42 Å². The van der Waals surface area contributed by atoms with E-state index in [1.165, 1.54) is 29.6 Å². The van der Waals surface area contributed by atoms with Crippen molar-refractivity contribution in [3.05, 3.63) is 53.6 Å². The molecule has 0 saturated carbocycles. The van der Waals surface area contributed by atoms with Gasteiger partial charge in [0.15, 0.2) is 0 Å². The first kappa shape index (κ1) is 22.1. The molecule has 1 saturated heterocycles. The van der Waals surface area contributed by atoms with Gasteiger partial charge in [-0.15, -0.1) is 0 Å². The van der Waals surface area contributed by atoms with Crippen molar-refractivity contribution in [2.75, 3.05) is 27.3 Å². The summed E-state index contributed by atoms with van der Waals surface area (Å²) in [5.74, 6) is 0.687. The zero-order valence-corrected chi connectivity index (χ0v) is 18.4. The molecule has 7 nitrogen and oxygen atoms in total. The highest BCUT2D eigenvalue weighted by atomic mass is 32.2. The van der Waals surface area contributed by atoms with Crippen molar-refractivity contribution in [2.24, 2.45) is 0 Å². The quantitative estimate of drug-likeness (QED) is 0.691. The number of carbonyl (C=O) groups excluding carboxylic acids is 1. The molecule has 2 aromatic rings. The van der Waals surface area contributed by atoms with Crippen molar-refractivity contribution in [1.29, 1.82) is 0 Å². The minimum Gasteiger partial charge on any atom is -0.497 e. The van der Waals surface area contributed by atoms with E-state index in [-0.39, 0.29) is 22.4 Å². The number of benzene rings is 2. The van der Waals surface area contributed by atoms with Crippen molar-refractivity contribution in [1.82, 2.24) is 9.62 Å². The summed E-state index contributed by atoms with van der Waals surface area (Å²) in [6, 6.07) is 11.7. The van der Waals surface area contributed by atoms with Crippen molar-refractivity contribution in [3.8, 4) is 11.5 Å². The van der Waals surface area contributed by atoms with E-state index >= 15 is 0 Å². The van der Waals surface area contributed by atoms with E-state index in [1.54, 1.807) is 7.11 Å². The molecule has 30 heavy (non-hydrogen) atoms. The van der Waals surface area contributed by atoms with Crippen molar-refractivity contribution < 1.29 is 22.7 Å². The summed E-state index contributed by atoms with van der Waals surface area (Å²) in [5, 5.41) is 2.99. The SMILES string of the molecule is CC[C@H](NC(=O)c1cc(S(=O)(=O)N2CCCC2)ccc1OC)c1ccc(OC)cc1. The smallest absolute Gasteiger partial charge is 0.255 e. The van der Waals surface area contributed by atoms with Gasteiger partial charge in [0.25, 0.3) is 5.91 Å². The third-order valence-corrected chi connectivity index (χ3v) is 7.24. The molecule has 0 unspecified atom stereocenters. The molecule has 0 bridgehead atoms. The summed E-state index contributed by atoms with van der Waals surface area (Å²) < 4.78 is 37.8. The molecule has 0 aliphatic carbocycles. The minimum atomic E-state index is -3.63. The molecule has 162 valence electrons. The van der Waals surface area contributed by atoms with E-state index in [4.69, 9.17) is 9.47 Å². The van der Waals surface area contributed by atoms with Crippen LogP contribution in [-0.4, -0.2) is 45.9 Å². The third kappa shape index (κ3) is 4.60. The van der Waals surface area contributed by atoms with E-state index in [0.717, 1.165) is 24.2 Å². The fourth-order valence-corrected chi connectivity index (χ4v) is 5.14. The van der Waals surface area contributed by atoms with Crippen LogP contribution in [0.2, 0.25) is 0 Å². The maximum Gasteiger partial charge on any atom is 0.255 e. The molecular formula is C22H28N2O5S. The Morgan fingerprint density at radius 1 is 1.07 bits per heavy atom. The summed E-state index contributed by atoms with van der Waals surface area (Å²) in [7, 11) is -0.569. The van der Waals surface area contributed by atoms with Crippen molar-refractivity contribution in [3.63, 3.8) is 0 Å². The van der Waals surface area contributed by atoms with E-state index < -0.39 is 10.0 Å². The number of hydrogen-bond donors (Lipinski definition) is 1. The van der Waals surface area contributed by atoms with E-state index in [1.807, 2.05) is 31.2 Å². The number of hydrogen-bond acceptors (Lipinski definition) is 5. The van der Waals surface area contributed by atoms with Gasteiger partial charge in [-0.05, 0) is 55.2 Å². The van der Waals surface area contributed by atoms with Gasteiger partial charge in [-0.3, -0.25) is 4.79 Å². The van der Waals surface area contributed by atoms with Crippen LogP contribution in [0.3, 0.4) is 0 Å². The second-order valence-corrected chi connectivity index (χ2v) is 9.12. The maximum atomic E-state index is 13.1. The zero-order chi connectivity index (χ0) is 21.7. The molecule has 1 heterocycles. The number of methoxy groups -OCH3 is 2. The highest BCUT2D eigenvalue weighted by Gasteiger charge is 2.29. The Labute approximate surface area is 178 Å². The van der Waals surface area contributed by atoms with E-state index in [2.05, 4.69) is 5.32 Å². The number of ether oxygens (including phenoxy) is 2. The number of nitrogens with zero attached hydrogens (tertiary/aromatic N) is 1. The van der Waals surface area contributed by atoms with Crippen molar-refractivity contribution in [2.45, 2.75) is 37.1 Å². The predicted octanol–water partition coefficient (Wildman–Crippen LogP) is 3.37. The topological polar surface area (TPSA) is 84.9 Å². The molecule has 1 aliphatic rings. The van der Waals surface area contributed by atoms with Crippen molar-refractivity contribution >= 4 is 15.9 Å². The molecular weight excluding hydrogens is 404 g/mol. The number of nitrogens with one attached hydrogen (secondary N) is 1. The molecule has 2 aromatic carbocycles. The van der Waals surface area contributed by atoms with Crippen LogP contribution in [0.4, 0.5) is 0 Å². The summed E-state index contributed by atoms with van der Waals surface area (Å²) in [4.78, 5) is 13.2. The lowest BCUT2D eigenvalue weighted by molar-refractivity contribution is 0.0932. The molecule has 1 atom stereocenters. The number of carbonyl (C=O) groups is 1. The second kappa shape index (κ2) is 9.49. The van der Waals surface area contributed by atoms with Gasteiger partial charge in [0.05, 0.1) is 30.7 Å². The molecule has 0 spiro atoms. The molecule has 0 aromatic heterocycles. The first-order chi connectivity index (χ1) is 14.4. The average molecular weight is 433 g/mol. The Balaban J connectivity index is 1.87. The second-order valence-electron chi connectivity index (χ2n) is 7.18. The largest absolute Gasteiger partial charge is 0.497 e. The summed E-state index contributed by atoms with van der Waals surface area (Å²) in [6.45, 7) is 2.98. The van der Waals surface area contributed by atoms with Crippen LogP contribution in [0.15, 0.2) is 47.4 Å². The third-order valence-electron chi connectivity index (χ3n) is 5.35. The van der Waals surface area contributed by atoms with E-state index in [0.29, 0.717) is 25.3 Å².